The maximum absolute atomic E-state index is 9.33. The summed E-state index contributed by atoms with van der Waals surface area (Å²) in [5.41, 5.74) is 0. The van der Waals surface area contributed by atoms with Crippen molar-refractivity contribution in [2.24, 2.45) is 11.8 Å². The second-order valence-electron chi connectivity index (χ2n) is 6.67. The summed E-state index contributed by atoms with van der Waals surface area (Å²) in [5.74, 6) is 4.08. The van der Waals surface area contributed by atoms with E-state index in [9.17, 15) is 5.11 Å². The van der Waals surface area contributed by atoms with Gasteiger partial charge in [-0.1, -0.05) is 19.0 Å². The molecule has 0 unspecified atom stereocenters. The molecule has 1 heterocycles. The van der Waals surface area contributed by atoms with Crippen LogP contribution in [-0.2, 0) is 0 Å². The van der Waals surface area contributed by atoms with Crippen LogP contribution in [0.1, 0.15) is 75.9 Å². The Morgan fingerprint density at radius 2 is 1.79 bits per heavy atom. The van der Waals surface area contributed by atoms with Crippen LogP contribution in [0.2, 0.25) is 0 Å². The Morgan fingerprint density at radius 3 is 2.37 bits per heavy atom. The number of hydrogen-bond donors (Lipinski definition) is 1. The van der Waals surface area contributed by atoms with E-state index in [1.165, 1.54) is 25.7 Å². The minimum Gasteiger partial charge on any atom is -0.393 e. The van der Waals surface area contributed by atoms with Gasteiger partial charge in [0.1, 0.15) is 0 Å². The molecule has 1 aromatic rings. The van der Waals surface area contributed by atoms with Gasteiger partial charge in [0, 0.05) is 11.8 Å². The van der Waals surface area contributed by atoms with Crippen LogP contribution in [0.15, 0.2) is 4.52 Å². The van der Waals surface area contributed by atoms with Gasteiger partial charge in [0.2, 0.25) is 5.89 Å². The molecule has 0 amide bonds. The number of aliphatic hydroxyl groups is 1. The van der Waals surface area contributed by atoms with Crippen LogP contribution in [0.25, 0.3) is 0 Å². The molecule has 0 atom stereocenters. The van der Waals surface area contributed by atoms with E-state index in [0.717, 1.165) is 36.4 Å². The zero-order valence-electron chi connectivity index (χ0n) is 11.9. The molecule has 2 aliphatic carbocycles. The van der Waals surface area contributed by atoms with Crippen molar-refractivity contribution in [2.75, 3.05) is 0 Å². The molecular weight excluding hydrogens is 240 g/mol. The summed E-state index contributed by atoms with van der Waals surface area (Å²) in [4.78, 5) is 4.57. The molecule has 4 heteroatoms. The van der Waals surface area contributed by atoms with E-state index >= 15 is 0 Å². The van der Waals surface area contributed by atoms with Crippen molar-refractivity contribution in [2.45, 2.75) is 70.3 Å². The summed E-state index contributed by atoms with van der Waals surface area (Å²) in [7, 11) is 0. The first-order valence-corrected chi connectivity index (χ1v) is 7.65. The highest BCUT2D eigenvalue weighted by atomic mass is 16.5. The standard InChI is InChI=1S/C15H24N2O2/c1-9(2)10-3-5-11(6-4-10)14-16-15(19-17-14)12-7-13(18)8-12/h9-13,18H,3-8H2,1-2H3. The van der Waals surface area contributed by atoms with Crippen molar-refractivity contribution in [1.82, 2.24) is 10.1 Å². The van der Waals surface area contributed by atoms with Crippen molar-refractivity contribution in [3.05, 3.63) is 11.7 Å². The molecule has 2 fully saturated rings. The van der Waals surface area contributed by atoms with Crippen LogP contribution >= 0.6 is 0 Å². The summed E-state index contributed by atoms with van der Waals surface area (Å²) in [5, 5.41) is 13.5. The van der Waals surface area contributed by atoms with Crippen LogP contribution < -0.4 is 0 Å². The van der Waals surface area contributed by atoms with E-state index in [4.69, 9.17) is 4.52 Å². The summed E-state index contributed by atoms with van der Waals surface area (Å²) in [6.45, 7) is 4.64. The minimum atomic E-state index is -0.165. The van der Waals surface area contributed by atoms with Gasteiger partial charge in [0.15, 0.2) is 5.82 Å². The topological polar surface area (TPSA) is 59.2 Å². The summed E-state index contributed by atoms with van der Waals surface area (Å²) in [6, 6.07) is 0. The third-order valence-electron chi connectivity index (χ3n) is 5.00. The van der Waals surface area contributed by atoms with Crippen LogP contribution in [0.5, 0.6) is 0 Å². The molecule has 1 N–H and O–H groups in total. The third-order valence-corrected chi connectivity index (χ3v) is 5.00. The molecule has 3 rings (SSSR count). The first-order valence-electron chi connectivity index (χ1n) is 7.65. The Labute approximate surface area is 114 Å². The summed E-state index contributed by atoms with van der Waals surface area (Å²) < 4.78 is 5.37. The molecule has 106 valence electrons. The van der Waals surface area contributed by atoms with Crippen LogP contribution in [0.4, 0.5) is 0 Å². The summed E-state index contributed by atoms with van der Waals surface area (Å²) in [6.07, 6.45) is 6.35. The average molecular weight is 264 g/mol. The number of aliphatic hydroxyl groups excluding tert-OH is 1. The highest BCUT2D eigenvalue weighted by Gasteiger charge is 2.34. The predicted octanol–water partition coefficient (Wildman–Crippen LogP) is 3.24. The molecule has 0 saturated heterocycles. The van der Waals surface area contributed by atoms with Crippen molar-refractivity contribution in [1.29, 1.82) is 0 Å². The number of aromatic nitrogens is 2. The highest BCUT2D eigenvalue weighted by molar-refractivity contribution is 5.04. The Bertz CT molecular complexity index is 416. The van der Waals surface area contributed by atoms with Gasteiger partial charge in [-0.15, -0.1) is 0 Å². The largest absolute Gasteiger partial charge is 0.393 e. The Kier molecular flexibility index (Phi) is 3.61. The van der Waals surface area contributed by atoms with Gasteiger partial charge in [-0.05, 0) is 50.4 Å². The average Bonchev–Trinajstić information content (AvgIpc) is 2.84. The monoisotopic (exact) mass is 264 g/mol. The van der Waals surface area contributed by atoms with E-state index < -0.39 is 0 Å². The number of rotatable bonds is 3. The fraction of sp³-hybridized carbons (Fsp3) is 0.867. The molecule has 2 saturated carbocycles. The van der Waals surface area contributed by atoms with Gasteiger partial charge in [0.25, 0.3) is 0 Å². The molecule has 0 spiro atoms. The molecule has 0 bridgehead atoms. The highest BCUT2D eigenvalue weighted by Crippen LogP contribution is 2.40. The molecule has 2 aliphatic rings. The smallest absolute Gasteiger partial charge is 0.229 e. The zero-order chi connectivity index (χ0) is 13.4. The van der Waals surface area contributed by atoms with Crippen molar-refractivity contribution < 1.29 is 9.63 Å². The SMILES string of the molecule is CC(C)C1CCC(c2noc(C3CC(O)C3)n2)CC1. The Balaban J connectivity index is 1.58. The van der Waals surface area contributed by atoms with E-state index in [2.05, 4.69) is 24.0 Å². The second-order valence-corrected chi connectivity index (χ2v) is 6.67. The minimum absolute atomic E-state index is 0.165. The molecule has 4 nitrogen and oxygen atoms in total. The first kappa shape index (κ1) is 13.1. The van der Waals surface area contributed by atoms with Gasteiger partial charge in [-0.2, -0.15) is 4.98 Å². The van der Waals surface area contributed by atoms with Crippen LogP contribution in [0, 0.1) is 11.8 Å². The van der Waals surface area contributed by atoms with Gasteiger partial charge in [-0.3, -0.25) is 0 Å². The lowest BCUT2D eigenvalue weighted by Gasteiger charge is -2.29. The third kappa shape index (κ3) is 2.69. The van der Waals surface area contributed by atoms with Gasteiger partial charge in [-0.25, -0.2) is 0 Å². The van der Waals surface area contributed by atoms with Gasteiger partial charge < -0.3 is 9.63 Å². The second kappa shape index (κ2) is 5.23. The maximum Gasteiger partial charge on any atom is 0.229 e. The van der Waals surface area contributed by atoms with E-state index in [-0.39, 0.29) is 6.10 Å². The maximum atomic E-state index is 9.33. The molecule has 0 radical (unpaired) electrons. The molecule has 0 aromatic carbocycles. The summed E-state index contributed by atoms with van der Waals surface area (Å²) >= 11 is 0. The van der Waals surface area contributed by atoms with Crippen molar-refractivity contribution >= 4 is 0 Å². The van der Waals surface area contributed by atoms with E-state index in [1.807, 2.05) is 0 Å². The van der Waals surface area contributed by atoms with E-state index in [0.29, 0.717) is 11.8 Å². The molecule has 19 heavy (non-hydrogen) atoms. The molecular formula is C15H24N2O2. The van der Waals surface area contributed by atoms with E-state index in [1.54, 1.807) is 0 Å². The van der Waals surface area contributed by atoms with Crippen LogP contribution in [-0.4, -0.2) is 21.4 Å². The Hall–Kier alpha value is -0.900. The van der Waals surface area contributed by atoms with Gasteiger partial charge >= 0.3 is 0 Å². The lowest BCUT2D eigenvalue weighted by Crippen LogP contribution is -2.26. The van der Waals surface area contributed by atoms with Crippen LogP contribution in [0.3, 0.4) is 0 Å². The lowest BCUT2D eigenvalue weighted by molar-refractivity contribution is 0.0625. The zero-order valence-corrected chi connectivity index (χ0v) is 11.9. The number of nitrogens with zero attached hydrogens (tertiary/aromatic N) is 2. The van der Waals surface area contributed by atoms with Crippen molar-refractivity contribution in [3.8, 4) is 0 Å². The fourth-order valence-corrected chi connectivity index (χ4v) is 3.41. The molecule has 1 aromatic heterocycles. The van der Waals surface area contributed by atoms with Crippen molar-refractivity contribution in [3.63, 3.8) is 0 Å². The number of hydrogen-bond acceptors (Lipinski definition) is 4. The molecule has 0 aliphatic heterocycles. The lowest BCUT2D eigenvalue weighted by atomic mass is 9.77. The first-order chi connectivity index (χ1) is 9.13. The quantitative estimate of drug-likeness (QED) is 0.910. The predicted molar refractivity (Wildman–Crippen MR) is 71.8 cm³/mol. The normalized spacial score (nSPS) is 35.4. The van der Waals surface area contributed by atoms with Gasteiger partial charge in [0.05, 0.1) is 6.10 Å². The fourth-order valence-electron chi connectivity index (χ4n) is 3.41. The Morgan fingerprint density at radius 1 is 1.11 bits per heavy atom.